The number of hydrogen-bond acceptors (Lipinski definition) is 5. The molecular formula is C24H30BrF2IN4O. The van der Waals surface area contributed by atoms with Crippen LogP contribution in [0.5, 0.6) is 5.75 Å². The van der Waals surface area contributed by atoms with Crippen LogP contribution in [0.1, 0.15) is 56.7 Å². The van der Waals surface area contributed by atoms with Gasteiger partial charge in [0.25, 0.3) is 6.43 Å². The minimum Gasteiger partial charge on any atom is -0.484 e. The molecule has 0 atom stereocenters. The summed E-state index contributed by atoms with van der Waals surface area (Å²) in [7, 11) is 2.14. The summed E-state index contributed by atoms with van der Waals surface area (Å²) in [5.41, 5.74) is 1.19. The Morgan fingerprint density at radius 3 is 2.45 bits per heavy atom. The second-order valence-electron chi connectivity index (χ2n) is 9.92. The molecular weight excluding hydrogens is 605 g/mol. The molecule has 1 aromatic heterocycles. The van der Waals surface area contributed by atoms with E-state index in [1.165, 1.54) is 32.1 Å². The van der Waals surface area contributed by atoms with Gasteiger partial charge < -0.3 is 14.5 Å². The molecule has 3 fully saturated rings. The number of piperidine rings is 2. The molecule has 0 bridgehead atoms. The zero-order chi connectivity index (χ0) is 23.2. The zero-order valence-electron chi connectivity index (χ0n) is 18.9. The van der Waals surface area contributed by atoms with Crippen LogP contribution < -0.4 is 9.64 Å². The van der Waals surface area contributed by atoms with Gasteiger partial charge in [-0.2, -0.15) is 0 Å². The maximum absolute atomic E-state index is 13.1. The first-order chi connectivity index (χ1) is 15.8. The lowest BCUT2D eigenvalue weighted by molar-refractivity contribution is 0.0821. The molecule has 0 radical (unpaired) electrons. The number of hydrogen-bond donors (Lipinski definition) is 0. The van der Waals surface area contributed by atoms with E-state index >= 15 is 0 Å². The van der Waals surface area contributed by atoms with Crippen molar-refractivity contribution in [1.29, 1.82) is 0 Å². The lowest BCUT2D eigenvalue weighted by Gasteiger charge is -2.48. The Labute approximate surface area is 215 Å². The van der Waals surface area contributed by atoms with E-state index in [0.717, 1.165) is 59.6 Å². The van der Waals surface area contributed by atoms with E-state index in [1.807, 2.05) is 0 Å². The van der Waals surface area contributed by atoms with Gasteiger partial charge in [0.15, 0.2) is 5.75 Å². The standard InChI is InChI=1S/C24H30BrF2IN4O/c1-31-9-3-15(4-10-31)22-29-20-16(13-17(28)19(25)21(20)33-14-18(26)27)23(30-22)32-11-7-24(8-12-32)5-2-6-24/h13,15,18H,2-12,14H2,1H3. The topological polar surface area (TPSA) is 41.5 Å². The van der Waals surface area contributed by atoms with Crippen LogP contribution in [-0.2, 0) is 0 Å². The van der Waals surface area contributed by atoms with Crippen molar-refractivity contribution < 1.29 is 13.5 Å². The molecule has 1 aromatic carbocycles. The number of rotatable bonds is 5. The molecule has 3 aliphatic rings. The summed E-state index contributed by atoms with van der Waals surface area (Å²) in [4.78, 5) is 14.8. The molecule has 0 N–H and O–H groups in total. The van der Waals surface area contributed by atoms with E-state index < -0.39 is 13.0 Å². The van der Waals surface area contributed by atoms with E-state index in [2.05, 4.69) is 61.4 Å². The number of halogens is 4. The number of nitrogens with zero attached hydrogens (tertiary/aromatic N) is 4. The highest BCUT2D eigenvalue weighted by Gasteiger charge is 2.40. The summed E-state index contributed by atoms with van der Waals surface area (Å²) in [6, 6.07) is 2.07. The van der Waals surface area contributed by atoms with Gasteiger partial charge in [-0.1, -0.05) is 6.42 Å². The predicted octanol–water partition coefficient (Wildman–Crippen LogP) is 6.22. The minimum atomic E-state index is -2.54. The average Bonchev–Trinajstić information content (AvgIpc) is 2.78. The first-order valence-corrected chi connectivity index (χ1v) is 13.8. The lowest BCUT2D eigenvalue weighted by Crippen LogP contribution is -2.44. The molecule has 2 saturated heterocycles. The number of ether oxygens (including phenoxy) is 1. The number of benzene rings is 1. The molecule has 0 unspecified atom stereocenters. The molecule has 1 aliphatic carbocycles. The fourth-order valence-corrected chi connectivity index (χ4v) is 6.49. The van der Waals surface area contributed by atoms with Crippen LogP contribution in [0.4, 0.5) is 14.6 Å². The van der Waals surface area contributed by atoms with E-state index in [-0.39, 0.29) is 5.92 Å². The Morgan fingerprint density at radius 1 is 1.15 bits per heavy atom. The second-order valence-corrected chi connectivity index (χ2v) is 11.9. The number of alkyl halides is 2. The van der Waals surface area contributed by atoms with Gasteiger partial charge in [-0.15, -0.1) is 0 Å². The van der Waals surface area contributed by atoms with Crippen LogP contribution in [0.25, 0.3) is 10.9 Å². The van der Waals surface area contributed by atoms with Gasteiger partial charge in [-0.05, 0) is 109 Å². The predicted molar refractivity (Wildman–Crippen MR) is 139 cm³/mol. The van der Waals surface area contributed by atoms with E-state index in [4.69, 9.17) is 14.7 Å². The van der Waals surface area contributed by atoms with Crippen LogP contribution in [0.3, 0.4) is 0 Å². The number of fused-ring (bicyclic) bond motifs is 1. The van der Waals surface area contributed by atoms with Crippen molar-refractivity contribution in [3.05, 3.63) is 19.9 Å². The lowest BCUT2D eigenvalue weighted by atomic mass is 9.63. The SMILES string of the molecule is CN1CCC(c2nc(N3CCC4(CCC4)CC3)c3cc(I)c(Br)c(OCC(F)F)c3n2)CC1. The van der Waals surface area contributed by atoms with E-state index in [1.54, 1.807) is 0 Å². The van der Waals surface area contributed by atoms with Crippen molar-refractivity contribution >= 4 is 55.2 Å². The van der Waals surface area contributed by atoms with Gasteiger partial charge in [0.2, 0.25) is 0 Å². The summed E-state index contributed by atoms with van der Waals surface area (Å²) in [6.45, 7) is 3.35. The highest BCUT2D eigenvalue weighted by molar-refractivity contribution is 14.1. The third-order valence-electron chi connectivity index (χ3n) is 7.81. The minimum absolute atomic E-state index is 0.271. The summed E-state index contributed by atoms with van der Waals surface area (Å²) in [6.07, 6.45) is 5.92. The smallest absolute Gasteiger partial charge is 0.272 e. The van der Waals surface area contributed by atoms with Gasteiger partial charge in [0.05, 0.1) is 4.47 Å². The molecule has 2 aromatic rings. The van der Waals surface area contributed by atoms with Crippen molar-refractivity contribution in [2.45, 2.75) is 57.3 Å². The highest BCUT2D eigenvalue weighted by Crippen LogP contribution is 2.50. The molecule has 3 heterocycles. The van der Waals surface area contributed by atoms with Crippen molar-refractivity contribution in [3.63, 3.8) is 0 Å². The summed E-state index contributed by atoms with van der Waals surface area (Å²) < 4.78 is 33.3. The van der Waals surface area contributed by atoms with Gasteiger partial charge in [0, 0.05) is 28.0 Å². The molecule has 180 valence electrons. The fraction of sp³-hybridized carbons (Fsp3) is 0.667. The zero-order valence-corrected chi connectivity index (χ0v) is 22.7. The molecule has 5 nitrogen and oxygen atoms in total. The highest BCUT2D eigenvalue weighted by atomic mass is 127. The Hall–Kier alpha value is -0.810. The molecule has 5 rings (SSSR count). The normalized spacial score (nSPS) is 21.7. The third-order valence-corrected chi connectivity index (χ3v) is 10.2. The molecule has 9 heteroatoms. The average molecular weight is 635 g/mol. The van der Waals surface area contributed by atoms with Crippen LogP contribution in [0, 0.1) is 8.99 Å². The maximum atomic E-state index is 13.1. The van der Waals surface area contributed by atoms with E-state index in [9.17, 15) is 8.78 Å². The maximum Gasteiger partial charge on any atom is 0.272 e. The van der Waals surface area contributed by atoms with Crippen molar-refractivity contribution in [2.75, 3.05) is 44.7 Å². The van der Waals surface area contributed by atoms with Crippen molar-refractivity contribution in [1.82, 2.24) is 14.9 Å². The second kappa shape index (κ2) is 9.68. The quantitative estimate of drug-likeness (QED) is 0.365. The fourth-order valence-electron chi connectivity index (χ4n) is 5.52. The van der Waals surface area contributed by atoms with Crippen LogP contribution in [0.2, 0.25) is 0 Å². The molecule has 33 heavy (non-hydrogen) atoms. The van der Waals surface area contributed by atoms with Gasteiger partial charge in [-0.25, -0.2) is 18.7 Å². The first-order valence-electron chi connectivity index (χ1n) is 11.9. The Balaban J connectivity index is 1.58. The number of aromatic nitrogens is 2. The number of likely N-dealkylation sites (tertiary alicyclic amines) is 1. The number of anilines is 1. The van der Waals surface area contributed by atoms with E-state index in [0.29, 0.717) is 21.2 Å². The van der Waals surface area contributed by atoms with Crippen LogP contribution in [-0.4, -0.2) is 61.1 Å². The Bertz CT molecular complexity index is 1020. The van der Waals surface area contributed by atoms with Gasteiger partial charge in [-0.3, -0.25) is 0 Å². The molecule has 2 aliphatic heterocycles. The van der Waals surface area contributed by atoms with Gasteiger partial charge in [0.1, 0.15) is 23.8 Å². The molecule has 1 saturated carbocycles. The van der Waals surface area contributed by atoms with Crippen molar-refractivity contribution in [3.8, 4) is 5.75 Å². The van der Waals surface area contributed by atoms with Gasteiger partial charge >= 0.3 is 0 Å². The Kier molecular flexibility index (Phi) is 7.01. The summed E-state index contributed by atoms with van der Waals surface area (Å²) in [5, 5.41) is 0.896. The molecule has 1 spiro atoms. The Morgan fingerprint density at radius 2 is 1.85 bits per heavy atom. The summed E-state index contributed by atoms with van der Waals surface area (Å²) in [5.74, 6) is 2.44. The monoisotopic (exact) mass is 634 g/mol. The third kappa shape index (κ3) is 4.83. The van der Waals surface area contributed by atoms with Crippen molar-refractivity contribution in [2.24, 2.45) is 5.41 Å². The van der Waals surface area contributed by atoms with Crippen LogP contribution in [0.15, 0.2) is 10.5 Å². The van der Waals surface area contributed by atoms with Crippen LogP contribution >= 0.6 is 38.5 Å². The first kappa shape index (κ1) is 23.9. The summed E-state index contributed by atoms with van der Waals surface area (Å²) >= 11 is 5.80. The largest absolute Gasteiger partial charge is 0.484 e. The molecule has 0 amide bonds.